The van der Waals surface area contributed by atoms with E-state index in [1.807, 2.05) is 43.3 Å². The minimum atomic E-state index is -0.290. The zero-order valence-electron chi connectivity index (χ0n) is 12.8. The maximum Gasteiger partial charge on any atom is 0.253 e. The summed E-state index contributed by atoms with van der Waals surface area (Å²) in [5.41, 5.74) is 4.33. The van der Waals surface area contributed by atoms with Crippen LogP contribution in [0, 0.1) is 0 Å². The number of carbonyl (C=O) groups is 1. The van der Waals surface area contributed by atoms with Crippen molar-refractivity contribution in [2.75, 3.05) is 0 Å². The van der Waals surface area contributed by atoms with Crippen LogP contribution in [0.25, 0.3) is 10.2 Å². The molecule has 0 unspecified atom stereocenters. The van der Waals surface area contributed by atoms with Crippen LogP contribution in [0.2, 0.25) is 5.02 Å². The maximum absolute atomic E-state index is 12.1. The van der Waals surface area contributed by atoms with Crippen molar-refractivity contribution in [2.24, 2.45) is 5.10 Å². The van der Waals surface area contributed by atoms with Crippen molar-refractivity contribution in [1.29, 1.82) is 0 Å². The first-order valence-corrected chi connectivity index (χ1v) is 9.30. The number of amides is 1. The number of rotatable bonds is 5. The Morgan fingerprint density at radius 3 is 2.96 bits per heavy atom. The molecule has 0 saturated carbocycles. The van der Waals surface area contributed by atoms with Gasteiger partial charge >= 0.3 is 0 Å². The van der Waals surface area contributed by atoms with E-state index in [2.05, 4.69) is 15.5 Å². The van der Waals surface area contributed by atoms with Gasteiger partial charge in [0.15, 0.2) is 4.34 Å². The molecule has 3 aromatic rings. The van der Waals surface area contributed by atoms with E-state index in [0.717, 1.165) is 20.1 Å². The Hall–Kier alpha value is -1.89. The first kappa shape index (κ1) is 17.0. The number of fused-ring (bicyclic) bond motifs is 1. The molecule has 3 rings (SSSR count). The fourth-order valence-corrected chi connectivity index (χ4v) is 4.36. The number of para-hydroxylation sites is 1. The summed E-state index contributed by atoms with van der Waals surface area (Å²) in [5, 5.41) is 4.31. The molecule has 24 heavy (non-hydrogen) atoms. The van der Waals surface area contributed by atoms with Crippen molar-refractivity contribution < 1.29 is 4.79 Å². The lowest BCUT2D eigenvalue weighted by Crippen LogP contribution is -2.26. The molecular formula is C17H14ClN3OS2. The van der Waals surface area contributed by atoms with Crippen LogP contribution in [-0.2, 0) is 4.79 Å². The smallest absolute Gasteiger partial charge is 0.253 e. The number of thioether (sulfide) groups is 1. The first-order chi connectivity index (χ1) is 11.6. The number of benzene rings is 2. The van der Waals surface area contributed by atoms with Gasteiger partial charge in [0.2, 0.25) is 0 Å². The molecule has 7 heteroatoms. The highest BCUT2D eigenvalue weighted by molar-refractivity contribution is 8.02. The van der Waals surface area contributed by atoms with Gasteiger partial charge < -0.3 is 0 Å². The van der Waals surface area contributed by atoms with Gasteiger partial charge in [0.1, 0.15) is 0 Å². The summed E-state index contributed by atoms with van der Waals surface area (Å²) in [5.74, 6) is -0.169. The highest BCUT2D eigenvalue weighted by Gasteiger charge is 2.16. The van der Waals surface area contributed by atoms with Crippen LogP contribution in [0.15, 0.2) is 58.0 Å². The van der Waals surface area contributed by atoms with E-state index >= 15 is 0 Å². The fourth-order valence-electron chi connectivity index (χ4n) is 1.95. The van der Waals surface area contributed by atoms with Crippen LogP contribution in [0.3, 0.4) is 0 Å². The van der Waals surface area contributed by atoms with Crippen LogP contribution in [0.4, 0.5) is 0 Å². The SMILES string of the molecule is C[C@H](Sc1nc2ccccc2s1)C(=O)N/N=C\c1cccc(Cl)c1. The summed E-state index contributed by atoms with van der Waals surface area (Å²) in [6, 6.07) is 15.2. The Balaban J connectivity index is 1.58. The zero-order chi connectivity index (χ0) is 16.9. The number of nitrogens with zero attached hydrogens (tertiary/aromatic N) is 2. The van der Waals surface area contributed by atoms with E-state index in [1.54, 1.807) is 29.7 Å². The van der Waals surface area contributed by atoms with E-state index < -0.39 is 0 Å². The van der Waals surface area contributed by atoms with Crippen LogP contribution in [0.5, 0.6) is 0 Å². The summed E-state index contributed by atoms with van der Waals surface area (Å²) >= 11 is 8.91. The van der Waals surface area contributed by atoms with Gasteiger partial charge in [0.25, 0.3) is 5.91 Å². The molecule has 0 spiro atoms. The summed E-state index contributed by atoms with van der Waals surface area (Å²) in [7, 11) is 0. The molecule has 2 aromatic carbocycles. The van der Waals surface area contributed by atoms with Gasteiger partial charge in [-0.1, -0.05) is 47.6 Å². The Kier molecular flexibility index (Phi) is 5.50. The predicted octanol–water partition coefficient (Wildman–Crippen LogP) is 4.58. The monoisotopic (exact) mass is 375 g/mol. The summed E-state index contributed by atoms with van der Waals surface area (Å²) < 4.78 is 1.99. The molecule has 4 nitrogen and oxygen atoms in total. The average Bonchev–Trinajstić information content (AvgIpc) is 2.97. The van der Waals surface area contributed by atoms with E-state index in [-0.39, 0.29) is 11.2 Å². The van der Waals surface area contributed by atoms with E-state index in [1.165, 1.54) is 11.8 Å². The number of halogens is 1. The molecule has 1 heterocycles. The topological polar surface area (TPSA) is 54.4 Å². The van der Waals surface area contributed by atoms with Crippen molar-refractivity contribution in [3.8, 4) is 0 Å². The molecule has 0 aliphatic heterocycles. The molecule has 0 saturated heterocycles. The van der Waals surface area contributed by atoms with E-state index in [9.17, 15) is 4.79 Å². The largest absolute Gasteiger partial charge is 0.272 e. The standard InChI is InChI=1S/C17H14ClN3OS2/c1-11(23-17-20-14-7-2-3-8-15(14)24-17)16(22)21-19-10-12-5-4-6-13(18)9-12/h2-11H,1H3,(H,21,22)/b19-10-/t11-/m0/s1. The number of nitrogens with one attached hydrogen (secondary N) is 1. The van der Waals surface area contributed by atoms with E-state index in [0.29, 0.717) is 5.02 Å². The Labute approximate surface area is 152 Å². The number of hydrogen-bond acceptors (Lipinski definition) is 5. The second kappa shape index (κ2) is 7.79. The van der Waals surface area contributed by atoms with Crippen LogP contribution < -0.4 is 5.43 Å². The minimum Gasteiger partial charge on any atom is -0.272 e. The number of hydrazone groups is 1. The molecule has 0 aliphatic rings. The fraction of sp³-hybridized carbons (Fsp3) is 0.118. The van der Waals surface area contributed by atoms with Crippen LogP contribution >= 0.6 is 34.7 Å². The quantitative estimate of drug-likeness (QED) is 0.403. The Morgan fingerprint density at radius 1 is 1.33 bits per heavy atom. The number of hydrogen-bond donors (Lipinski definition) is 1. The van der Waals surface area contributed by atoms with E-state index in [4.69, 9.17) is 11.6 Å². The van der Waals surface area contributed by atoms with Crippen molar-refractivity contribution in [3.05, 3.63) is 59.1 Å². The molecule has 0 radical (unpaired) electrons. The molecule has 0 aliphatic carbocycles. The molecule has 0 bridgehead atoms. The van der Waals surface area contributed by atoms with Gasteiger partial charge in [-0.2, -0.15) is 5.10 Å². The molecule has 1 atom stereocenters. The Bertz CT molecular complexity index is 861. The van der Waals surface area contributed by atoms with Gasteiger partial charge in [-0.15, -0.1) is 11.3 Å². The first-order valence-electron chi connectivity index (χ1n) is 7.22. The second-order valence-electron chi connectivity index (χ2n) is 5.00. The third kappa shape index (κ3) is 4.35. The molecular weight excluding hydrogens is 362 g/mol. The summed E-state index contributed by atoms with van der Waals surface area (Å²) in [4.78, 5) is 16.6. The summed E-state index contributed by atoms with van der Waals surface area (Å²) in [6.07, 6.45) is 1.57. The molecule has 0 fully saturated rings. The van der Waals surface area contributed by atoms with Gasteiger partial charge in [-0.3, -0.25) is 4.79 Å². The lowest BCUT2D eigenvalue weighted by Gasteiger charge is -2.06. The Morgan fingerprint density at radius 2 is 2.17 bits per heavy atom. The molecule has 1 amide bonds. The summed E-state index contributed by atoms with van der Waals surface area (Å²) in [6.45, 7) is 1.83. The van der Waals surface area contributed by atoms with Gasteiger partial charge in [0.05, 0.1) is 21.7 Å². The van der Waals surface area contributed by atoms with Gasteiger partial charge in [-0.05, 0) is 36.8 Å². The lowest BCUT2D eigenvalue weighted by molar-refractivity contribution is -0.120. The van der Waals surface area contributed by atoms with Crippen molar-refractivity contribution >= 4 is 57.0 Å². The number of carbonyl (C=O) groups excluding carboxylic acids is 1. The highest BCUT2D eigenvalue weighted by Crippen LogP contribution is 2.31. The van der Waals surface area contributed by atoms with Crippen molar-refractivity contribution in [2.45, 2.75) is 16.5 Å². The molecule has 1 aromatic heterocycles. The molecule has 1 N–H and O–H groups in total. The second-order valence-corrected chi connectivity index (χ2v) is 8.05. The van der Waals surface area contributed by atoms with Crippen LogP contribution in [0.1, 0.15) is 12.5 Å². The third-order valence-electron chi connectivity index (χ3n) is 3.16. The average molecular weight is 376 g/mol. The lowest BCUT2D eigenvalue weighted by atomic mass is 10.2. The number of aromatic nitrogens is 1. The zero-order valence-corrected chi connectivity index (χ0v) is 15.2. The third-order valence-corrected chi connectivity index (χ3v) is 5.62. The van der Waals surface area contributed by atoms with Gasteiger partial charge in [-0.25, -0.2) is 10.4 Å². The predicted molar refractivity (Wildman–Crippen MR) is 102 cm³/mol. The number of thiazole rings is 1. The van der Waals surface area contributed by atoms with Crippen molar-refractivity contribution in [1.82, 2.24) is 10.4 Å². The van der Waals surface area contributed by atoms with Crippen molar-refractivity contribution in [3.63, 3.8) is 0 Å². The molecule has 122 valence electrons. The van der Waals surface area contributed by atoms with Crippen LogP contribution in [-0.4, -0.2) is 22.4 Å². The van der Waals surface area contributed by atoms with Gasteiger partial charge in [0, 0.05) is 5.02 Å². The highest BCUT2D eigenvalue weighted by atomic mass is 35.5. The maximum atomic E-state index is 12.1. The minimum absolute atomic E-state index is 0.169. The normalized spacial score (nSPS) is 12.6.